The molecule has 2 heterocycles. The SMILES string of the molecule is Cc1cc2c(Cl)nc(NCCN(C)C)nc2s1. The van der Waals surface area contributed by atoms with Gasteiger partial charge >= 0.3 is 0 Å². The van der Waals surface area contributed by atoms with E-state index in [0.29, 0.717) is 11.1 Å². The molecule has 2 aromatic heterocycles. The third-order valence-electron chi connectivity index (χ3n) is 2.31. The molecule has 0 aliphatic rings. The van der Waals surface area contributed by atoms with Gasteiger partial charge in [-0.1, -0.05) is 11.6 Å². The summed E-state index contributed by atoms with van der Waals surface area (Å²) in [6, 6.07) is 2.02. The van der Waals surface area contributed by atoms with Gasteiger partial charge in [-0.25, -0.2) is 9.97 Å². The fraction of sp³-hybridized carbons (Fsp3) is 0.455. The summed E-state index contributed by atoms with van der Waals surface area (Å²) in [5, 5.41) is 4.63. The van der Waals surface area contributed by atoms with E-state index in [1.54, 1.807) is 11.3 Å². The van der Waals surface area contributed by atoms with Gasteiger partial charge in [0.25, 0.3) is 0 Å². The first-order valence-corrected chi connectivity index (χ1v) is 6.58. The van der Waals surface area contributed by atoms with Crippen molar-refractivity contribution in [3.05, 3.63) is 16.1 Å². The number of rotatable bonds is 4. The molecule has 0 saturated carbocycles. The minimum absolute atomic E-state index is 0.520. The van der Waals surface area contributed by atoms with E-state index in [2.05, 4.69) is 20.2 Å². The molecule has 0 amide bonds. The van der Waals surface area contributed by atoms with Crippen LogP contribution in [0.5, 0.6) is 0 Å². The normalized spacial score (nSPS) is 11.4. The second-order valence-corrected chi connectivity index (χ2v) is 5.74. The summed E-state index contributed by atoms with van der Waals surface area (Å²) in [6.45, 7) is 3.78. The lowest BCUT2D eigenvalue weighted by atomic mass is 10.4. The van der Waals surface area contributed by atoms with Gasteiger partial charge in [-0.2, -0.15) is 0 Å². The largest absolute Gasteiger partial charge is 0.353 e. The molecule has 0 saturated heterocycles. The van der Waals surface area contributed by atoms with Crippen molar-refractivity contribution in [1.82, 2.24) is 14.9 Å². The molecule has 0 aliphatic heterocycles. The maximum absolute atomic E-state index is 6.12. The van der Waals surface area contributed by atoms with Crippen molar-refractivity contribution < 1.29 is 0 Å². The van der Waals surface area contributed by atoms with Crippen molar-refractivity contribution in [2.45, 2.75) is 6.92 Å². The molecule has 0 fully saturated rings. The first kappa shape index (κ1) is 12.5. The monoisotopic (exact) mass is 270 g/mol. The average Bonchev–Trinajstić information content (AvgIpc) is 2.58. The van der Waals surface area contributed by atoms with Crippen LogP contribution in [-0.4, -0.2) is 42.1 Å². The first-order chi connectivity index (χ1) is 8.06. The van der Waals surface area contributed by atoms with Crippen molar-refractivity contribution in [3.8, 4) is 0 Å². The molecule has 0 unspecified atom stereocenters. The Morgan fingerprint density at radius 3 is 2.88 bits per heavy atom. The highest BCUT2D eigenvalue weighted by molar-refractivity contribution is 7.18. The van der Waals surface area contributed by atoms with Crippen LogP contribution in [0.3, 0.4) is 0 Å². The van der Waals surface area contributed by atoms with Crippen LogP contribution in [0.2, 0.25) is 5.15 Å². The number of halogens is 1. The number of aromatic nitrogens is 2. The Bertz CT molecular complexity index is 523. The van der Waals surface area contributed by atoms with E-state index in [-0.39, 0.29) is 0 Å². The number of nitrogens with zero attached hydrogens (tertiary/aromatic N) is 3. The van der Waals surface area contributed by atoms with Crippen LogP contribution in [0.4, 0.5) is 5.95 Å². The summed E-state index contributed by atoms with van der Waals surface area (Å²) < 4.78 is 0. The molecular weight excluding hydrogens is 256 g/mol. The Morgan fingerprint density at radius 2 is 2.18 bits per heavy atom. The Labute approximate surface area is 110 Å². The lowest BCUT2D eigenvalue weighted by Crippen LogP contribution is -2.21. The summed E-state index contributed by atoms with van der Waals surface area (Å²) in [5.74, 6) is 0.603. The topological polar surface area (TPSA) is 41.1 Å². The molecule has 1 N–H and O–H groups in total. The van der Waals surface area contributed by atoms with E-state index in [1.165, 1.54) is 4.88 Å². The molecular formula is C11H15ClN4S. The van der Waals surface area contributed by atoms with Crippen LogP contribution in [0.1, 0.15) is 4.88 Å². The fourth-order valence-electron chi connectivity index (χ4n) is 1.48. The van der Waals surface area contributed by atoms with Crippen LogP contribution < -0.4 is 5.32 Å². The van der Waals surface area contributed by atoms with Crippen molar-refractivity contribution in [2.24, 2.45) is 0 Å². The highest BCUT2D eigenvalue weighted by Gasteiger charge is 2.08. The molecule has 17 heavy (non-hydrogen) atoms. The highest BCUT2D eigenvalue weighted by atomic mass is 35.5. The van der Waals surface area contributed by atoms with Crippen molar-refractivity contribution in [3.63, 3.8) is 0 Å². The first-order valence-electron chi connectivity index (χ1n) is 5.38. The van der Waals surface area contributed by atoms with Gasteiger partial charge in [0, 0.05) is 23.4 Å². The predicted octanol–water partition coefficient (Wildman–Crippen LogP) is 2.63. The molecule has 2 rings (SSSR count). The summed E-state index contributed by atoms with van der Waals surface area (Å²) in [5.41, 5.74) is 0. The van der Waals surface area contributed by atoms with Gasteiger partial charge in [0.2, 0.25) is 5.95 Å². The third-order valence-corrected chi connectivity index (χ3v) is 3.54. The second kappa shape index (κ2) is 5.16. The molecule has 0 aliphatic carbocycles. The number of nitrogens with one attached hydrogen (secondary N) is 1. The molecule has 92 valence electrons. The van der Waals surface area contributed by atoms with Crippen LogP contribution in [0, 0.1) is 6.92 Å². The lowest BCUT2D eigenvalue weighted by molar-refractivity contribution is 0.425. The summed E-state index contributed by atoms with van der Waals surface area (Å²) in [4.78, 5) is 12.9. The number of likely N-dealkylation sites (N-methyl/N-ethyl adjacent to an activating group) is 1. The molecule has 0 bridgehead atoms. The van der Waals surface area contributed by atoms with Crippen molar-refractivity contribution in [2.75, 3.05) is 32.5 Å². The van der Waals surface area contributed by atoms with Crippen molar-refractivity contribution in [1.29, 1.82) is 0 Å². The van der Waals surface area contributed by atoms with Crippen LogP contribution >= 0.6 is 22.9 Å². The molecule has 0 atom stereocenters. The summed E-state index contributed by atoms with van der Waals surface area (Å²) in [6.07, 6.45) is 0. The van der Waals surface area contributed by atoms with E-state index in [4.69, 9.17) is 11.6 Å². The molecule has 0 aromatic carbocycles. The summed E-state index contributed by atoms with van der Waals surface area (Å²) >= 11 is 7.76. The maximum atomic E-state index is 6.12. The molecule has 0 spiro atoms. The Hall–Kier alpha value is -0.910. The maximum Gasteiger partial charge on any atom is 0.225 e. The smallest absolute Gasteiger partial charge is 0.225 e. The number of anilines is 1. The molecule has 0 radical (unpaired) electrons. The number of thiophene rings is 1. The van der Waals surface area contributed by atoms with Gasteiger partial charge < -0.3 is 10.2 Å². The molecule has 6 heteroatoms. The standard InChI is InChI=1S/C11H15ClN4S/c1-7-6-8-9(12)14-11(15-10(8)17-7)13-4-5-16(2)3/h6H,4-5H2,1-3H3,(H,13,14,15). The highest BCUT2D eigenvalue weighted by Crippen LogP contribution is 2.29. The van der Waals surface area contributed by atoms with E-state index in [0.717, 1.165) is 23.3 Å². The van der Waals surface area contributed by atoms with E-state index in [9.17, 15) is 0 Å². The third kappa shape index (κ3) is 3.06. The van der Waals surface area contributed by atoms with Crippen molar-refractivity contribution >= 4 is 39.1 Å². The minimum Gasteiger partial charge on any atom is -0.353 e. The predicted molar refractivity (Wildman–Crippen MR) is 74.2 cm³/mol. The van der Waals surface area contributed by atoms with Gasteiger partial charge in [-0.15, -0.1) is 11.3 Å². The van der Waals surface area contributed by atoms with E-state index >= 15 is 0 Å². The number of aryl methyl sites for hydroxylation is 1. The molecule has 4 nitrogen and oxygen atoms in total. The minimum atomic E-state index is 0.520. The number of fused-ring (bicyclic) bond motifs is 1. The number of hydrogen-bond donors (Lipinski definition) is 1. The van der Waals surface area contributed by atoms with Crippen LogP contribution in [-0.2, 0) is 0 Å². The fourth-order valence-corrected chi connectivity index (χ4v) is 2.64. The quantitative estimate of drug-likeness (QED) is 0.867. The van der Waals surface area contributed by atoms with Gasteiger partial charge in [-0.05, 0) is 27.1 Å². The van der Waals surface area contributed by atoms with Gasteiger partial charge in [0.1, 0.15) is 9.98 Å². The van der Waals surface area contributed by atoms with Crippen LogP contribution in [0.25, 0.3) is 10.2 Å². The van der Waals surface area contributed by atoms with E-state index < -0.39 is 0 Å². The van der Waals surface area contributed by atoms with Crippen LogP contribution in [0.15, 0.2) is 6.07 Å². The Morgan fingerprint density at radius 1 is 1.41 bits per heavy atom. The van der Waals surface area contributed by atoms with Gasteiger partial charge in [-0.3, -0.25) is 0 Å². The summed E-state index contributed by atoms with van der Waals surface area (Å²) in [7, 11) is 4.06. The zero-order valence-corrected chi connectivity index (χ0v) is 11.7. The Balaban J connectivity index is 2.18. The van der Waals surface area contributed by atoms with Gasteiger partial charge in [0.15, 0.2) is 0 Å². The Kier molecular flexibility index (Phi) is 3.81. The van der Waals surface area contributed by atoms with E-state index in [1.807, 2.05) is 27.1 Å². The zero-order chi connectivity index (χ0) is 12.4. The second-order valence-electron chi connectivity index (χ2n) is 4.14. The zero-order valence-electron chi connectivity index (χ0n) is 10.1. The lowest BCUT2D eigenvalue weighted by Gasteiger charge is -2.10. The van der Waals surface area contributed by atoms with Gasteiger partial charge in [0.05, 0.1) is 0 Å². The number of hydrogen-bond acceptors (Lipinski definition) is 5. The average molecular weight is 271 g/mol. The molecule has 2 aromatic rings.